The van der Waals surface area contributed by atoms with Crippen LogP contribution in [0.1, 0.15) is 29.7 Å². The van der Waals surface area contributed by atoms with Gasteiger partial charge in [0.25, 0.3) is 0 Å². The lowest BCUT2D eigenvalue weighted by atomic mass is 9.83. The zero-order valence-corrected chi connectivity index (χ0v) is 15.7. The number of nitrogens with two attached hydrogens (primary N) is 1. The summed E-state index contributed by atoms with van der Waals surface area (Å²) in [7, 11) is 3.06. The Hall–Kier alpha value is -3.67. The maximum atomic E-state index is 12.0. The van der Waals surface area contributed by atoms with E-state index in [0.717, 1.165) is 0 Å². The molecule has 2 aromatic rings. The fraction of sp³-hybridized carbons (Fsp3) is 0.316. The third kappa shape index (κ3) is 3.32. The van der Waals surface area contributed by atoms with E-state index in [9.17, 15) is 10.1 Å². The lowest BCUT2D eigenvalue weighted by molar-refractivity contribution is -0.142. The highest BCUT2D eigenvalue weighted by atomic mass is 16.5. The van der Waals surface area contributed by atoms with Gasteiger partial charge < -0.3 is 24.7 Å². The number of hydrogen-bond acceptors (Lipinski definition) is 8. The number of methoxy groups -OCH3 is 2. The standard InChI is InChI=1S/C19H20N4O5/c1-4-27-15(24)8-12-17-16(10-5-6-13(25-2)14(7-10)26-3)11(9-20)18(21)28-19(17)23-22-12/h5-7,16H,4,8,21H2,1-3H3,(H,22,23). The largest absolute Gasteiger partial charge is 0.493 e. The lowest BCUT2D eigenvalue weighted by Crippen LogP contribution is -2.22. The van der Waals surface area contributed by atoms with Crippen LogP contribution in [-0.4, -0.2) is 37.0 Å². The highest BCUT2D eigenvalue weighted by Gasteiger charge is 2.36. The Morgan fingerprint density at radius 1 is 1.36 bits per heavy atom. The van der Waals surface area contributed by atoms with E-state index in [1.54, 1.807) is 25.1 Å². The van der Waals surface area contributed by atoms with E-state index in [1.165, 1.54) is 14.2 Å². The van der Waals surface area contributed by atoms with Crippen LogP contribution in [0.15, 0.2) is 29.7 Å². The van der Waals surface area contributed by atoms with Crippen LogP contribution in [0.3, 0.4) is 0 Å². The van der Waals surface area contributed by atoms with Crippen molar-refractivity contribution in [2.75, 3.05) is 20.8 Å². The van der Waals surface area contributed by atoms with E-state index < -0.39 is 11.9 Å². The number of aromatic nitrogens is 2. The Morgan fingerprint density at radius 3 is 2.75 bits per heavy atom. The predicted molar refractivity (Wildman–Crippen MR) is 97.8 cm³/mol. The second-order valence-electron chi connectivity index (χ2n) is 5.94. The van der Waals surface area contributed by atoms with Gasteiger partial charge in [0.15, 0.2) is 11.5 Å². The number of carbonyl (C=O) groups excluding carboxylic acids is 1. The van der Waals surface area contributed by atoms with Crippen LogP contribution < -0.4 is 19.9 Å². The van der Waals surface area contributed by atoms with E-state index >= 15 is 0 Å². The molecule has 1 atom stereocenters. The quantitative estimate of drug-likeness (QED) is 0.720. The molecule has 1 unspecified atom stereocenters. The van der Waals surface area contributed by atoms with Gasteiger partial charge in [-0.1, -0.05) is 6.07 Å². The number of carbonyl (C=O) groups is 1. The van der Waals surface area contributed by atoms with Crippen LogP contribution >= 0.6 is 0 Å². The first-order valence-corrected chi connectivity index (χ1v) is 8.56. The summed E-state index contributed by atoms with van der Waals surface area (Å²) < 4.78 is 21.2. The van der Waals surface area contributed by atoms with Gasteiger partial charge in [0, 0.05) is 0 Å². The molecule has 0 spiro atoms. The molecular weight excluding hydrogens is 364 g/mol. The highest BCUT2D eigenvalue weighted by Crippen LogP contribution is 2.44. The van der Waals surface area contributed by atoms with Crippen LogP contribution in [-0.2, 0) is 16.0 Å². The molecular formula is C19H20N4O5. The molecule has 1 aromatic heterocycles. The summed E-state index contributed by atoms with van der Waals surface area (Å²) in [6.45, 7) is 1.99. The molecule has 2 heterocycles. The third-order valence-electron chi connectivity index (χ3n) is 4.39. The summed E-state index contributed by atoms with van der Waals surface area (Å²) in [4.78, 5) is 12.0. The minimum absolute atomic E-state index is 0.0380. The van der Waals surface area contributed by atoms with Crippen LogP contribution in [0.4, 0.5) is 0 Å². The molecule has 0 bridgehead atoms. The molecule has 0 aliphatic carbocycles. The number of nitrogens with zero attached hydrogens (tertiary/aromatic N) is 2. The first kappa shape index (κ1) is 19.1. The zero-order valence-electron chi connectivity index (χ0n) is 15.7. The van der Waals surface area contributed by atoms with Crippen molar-refractivity contribution >= 4 is 5.97 Å². The van der Waals surface area contributed by atoms with Crippen molar-refractivity contribution in [2.24, 2.45) is 5.73 Å². The number of ether oxygens (including phenoxy) is 4. The molecule has 0 amide bonds. The number of aromatic amines is 1. The molecule has 0 saturated carbocycles. The second kappa shape index (κ2) is 7.92. The third-order valence-corrected chi connectivity index (χ3v) is 4.39. The molecule has 0 saturated heterocycles. The molecule has 9 heteroatoms. The molecule has 0 fully saturated rings. The summed E-state index contributed by atoms with van der Waals surface area (Å²) in [6.07, 6.45) is -0.0397. The van der Waals surface area contributed by atoms with E-state index in [2.05, 4.69) is 16.3 Å². The van der Waals surface area contributed by atoms with Crippen LogP contribution in [0, 0.1) is 11.3 Å². The first-order valence-electron chi connectivity index (χ1n) is 8.56. The predicted octanol–water partition coefficient (Wildman–Crippen LogP) is 1.75. The number of nitrogens with one attached hydrogen (secondary N) is 1. The molecule has 28 heavy (non-hydrogen) atoms. The highest BCUT2D eigenvalue weighted by molar-refractivity contribution is 5.73. The molecule has 0 radical (unpaired) electrons. The molecule has 9 nitrogen and oxygen atoms in total. The Labute approximate surface area is 161 Å². The Bertz CT molecular complexity index is 973. The summed E-state index contributed by atoms with van der Waals surface area (Å²) in [5, 5.41) is 16.6. The number of allylic oxidation sites excluding steroid dienone is 1. The molecule has 1 aliphatic heterocycles. The van der Waals surface area contributed by atoms with Crippen molar-refractivity contribution in [3.8, 4) is 23.4 Å². The van der Waals surface area contributed by atoms with Gasteiger partial charge in [-0.15, -0.1) is 5.10 Å². The fourth-order valence-electron chi connectivity index (χ4n) is 3.17. The Morgan fingerprint density at radius 2 is 2.11 bits per heavy atom. The summed E-state index contributed by atoms with van der Waals surface area (Å²) in [5.74, 6) is 0.226. The molecule has 1 aromatic carbocycles. The maximum absolute atomic E-state index is 12.0. The number of hydrogen-bond donors (Lipinski definition) is 2. The topological polar surface area (TPSA) is 132 Å². The van der Waals surface area contributed by atoms with Gasteiger partial charge in [-0.3, -0.25) is 9.89 Å². The normalized spacial score (nSPS) is 15.3. The van der Waals surface area contributed by atoms with Gasteiger partial charge in [-0.2, -0.15) is 5.26 Å². The first-order chi connectivity index (χ1) is 13.5. The number of nitriles is 1. The number of esters is 1. The van der Waals surface area contributed by atoms with E-state index in [0.29, 0.717) is 28.3 Å². The van der Waals surface area contributed by atoms with E-state index in [-0.39, 0.29) is 30.4 Å². The van der Waals surface area contributed by atoms with Gasteiger partial charge in [0.05, 0.1) is 44.4 Å². The molecule has 1 aliphatic rings. The number of benzene rings is 1. The van der Waals surface area contributed by atoms with Gasteiger partial charge >= 0.3 is 5.97 Å². The van der Waals surface area contributed by atoms with Crippen molar-refractivity contribution in [1.29, 1.82) is 5.26 Å². The van der Waals surface area contributed by atoms with Crippen molar-refractivity contribution in [1.82, 2.24) is 10.2 Å². The monoisotopic (exact) mass is 384 g/mol. The van der Waals surface area contributed by atoms with Crippen LogP contribution in [0.2, 0.25) is 0 Å². The SMILES string of the molecule is CCOC(=O)Cc1[nH]nc2c1C(c1ccc(OC)c(OC)c1)C(C#N)=C(N)O2. The van der Waals surface area contributed by atoms with Gasteiger partial charge in [-0.05, 0) is 24.6 Å². The van der Waals surface area contributed by atoms with Crippen molar-refractivity contribution < 1.29 is 23.7 Å². The van der Waals surface area contributed by atoms with Crippen molar-refractivity contribution in [3.05, 3.63) is 46.5 Å². The minimum atomic E-state index is -0.586. The fourth-order valence-corrected chi connectivity index (χ4v) is 3.17. The van der Waals surface area contributed by atoms with Gasteiger partial charge in [-0.25, -0.2) is 0 Å². The lowest BCUT2D eigenvalue weighted by Gasteiger charge is -2.24. The summed E-state index contributed by atoms with van der Waals surface area (Å²) in [6, 6.07) is 7.39. The molecule has 146 valence electrons. The Balaban J connectivity index is 2.13. The maximum Gasteiger partial charge on any atom is 0.311 e. The molecule has 3 rings (SSSR count). The smallest absolute Gasteiger partial charge is 0.311 e. The Kier molecular flexibility index (Phi) is 5.40. The summed E-state index contributed by atoms with van der Waals surface area (Å²) >= 11 is 0. The minimum Gasteiger partial charge on any atom is -0.493 e. The van der Waals surface area contributed by atoms with Crippen LogP contribution in [0.25, 0.3) is 0 Å². The van der Waals surface area contributed by atoms with Gasteiger partial charge in [0.1, 0.15) is 11.6 Å². The number of rotatable bonds is 6. The van der Waals surface area contributed by atoms with E-state index in [4.69, 9.17) is 24.7 Å². The molecule has 3 N–H and O–H groups in total. The van der Waals surface area contributed by atoms with Crippen molar-refractivity contribution in [3.63, 3.8) is 0 Å². The van der Waals surface area contributed by atoms with E-state index in [1.807, 2.05) is 0 Å². The zero-order chi connectivity index (χ0) is 20.3. The number of fused-ring (bicyclic) bond motifs is 1. The van der Waals surface area contributed by atoms with Crippen molar-refractivity contribution in [2.45, 2.75) is 19.3 Å². The second-order valence-corrected chi connectivity index (χ2v) is 5.94. The van der Waals surface area contributed by atoms with Gasteiger partial charge in [0.2, 0.25) is 11.8 Å². The summed E-state index contributed by atoms with van der Waals surface area (Å²) in [5.41, 5.74) is 7.94. The average molecular weight is 384 g/mol. The number of H-pyrrole nitrogens is 1. The van der Waals surface area contributed by atoms with Crippen LogP contribution in [0.5, 0.6) is 17.4 Å². The average Bonchev–Trinajstić information content (AvgIpc) is 3.08.